The Morgan fingerprint density at radius 3 is 3.00 bits per heavy atom. The number of hydrogen-bond donors (Lipinski definition) is 1. The van der Waals surface area contributed by atoms with E-state index in [1.807, 2.05) is 0 Å². The Bertz CT molecular complexity index is 165. The summed E-state index contributed by atoms with van der Waals surface area (Å²) in [5.41, 5.74) is 0. The number of halogens is 1. The summed E-state index contributed by atoms with van der Waals surface area (Å²) in [5, 5.41) is 9.09. The maximum atomic E-state index is 12.0. The number of nitrogens with zero attached hydrogens (tertiary/aromatic N) is 1. The minimum atomic E-state index is -0.764. The lowest BCUT2D eigenvalue weighted by molar-refractivity contribution is 0.0790. The monoisotopic (exact) mass is 173 g/mol. The van der Waals surface area contributed by atoms with Crippen molar-refractivity contribution in [1.29, 1.82) is 0 Å². The molecule has 0 amide bonds. The molecule has 0 bridgehead atoms. The minimum Gasteiger partial charge on any atom is -0.389 e. The average Bonchev–Trinajstić information content (AvgIpc) is 2.82. The van der Waals surface area contributed by atoms with E-state index in [2.05, 4.69) is 4.90 Å². The van der Waals surface area contributed by atoms with Crippen molar-refractivity contribution in [3.8, 4) is 0 Å². The van der Waals surface area contributed by atoms with E-state index in [1.54, 1.807) is 0 Å². The number of fused-ring (bicyclic) bond motifs is 1. The predicted octanol–water partition coefficient (Wildman–Crippen LogP) is 0.659. The third-order valence-corrected chi connectivity index (χ3v) is 3.02. The van der Waals surface area contributed by atoms with Crippen LogP contribution in [0, 0.1) is 11.8 Å². The summed E-state index contributed by atoms with van der Waals surface area (Å²) < 4.78 is 12.0. The van der Waals surface area contributed by atoms with Crippen LogP contribution < -0.4 is 0 Å². The first-order valence-electron chi connectivity index (χ1n) is 4.76. The molecule has 0 spiro atoms. The zero-order valence-electron chi connectivity index (χ0n) is 7.25. The molecule has 3 heteroatoms. The molecular weight excluding hydrogens is 157 g/mol. The second-order valence-corrected chi connectivity index (χ2v) is 4.11. The lowest BCUT2D eigenvalue weighted by atomic mass is 10.1. The molecule has 3 atom stereocenters. The molecule has 1 heterocycles. The van der Waals surface area contributed by atoms with E-state index in [-0.39, 0.29) is 0 Å². The van der Waals surface area contributed by atoms with Gasteiger partial charge in [-0.2, -0.15) is 0 Å². The van der Waals surface area contributed by atoms with Gasteiger partial charge in [-0.1, -0.05) is 0 Å². The van der Waals surface area contributed by atoms with E-state index < -0.39 is 12.8 Å². The highest BCUT2D eigenvalue weighted by Gasteiger charge is 2.41. The second kappa shape index (κ2) is 3.30. The lowest BCUT2D eigenvalue weighted by Gasteiger charge is -2.27. The van der Waals surface area contributed by atoms with Crippen molar-refractivity contribution in [2.45, 2.75) is 18.9 Å². The molecule has 1 aliphatic heterocycles. The summed E-state index contributed by atoms with van der Waals surface area (Å²) in [7, 11) is 0. The van der Waals surface area contributed by atoms with Gasteiger partial charge in [0.1, 0.15) is 6.67 Å². The van der Waals surface area contributed by atoms with Gasteiger partial charge in [-0.3, -0.25) is 0 Å². The third kappa shape index (κ3) is 1.77. The summed E-state index contributed by atoms with van der Waals surface area (Å²) >= 11 is 0. The van der Waals surface area contributed by atoms with Gasteiger partial charge in [-0.25, -0.2) is 4.39 Å². The molecule has 2 fully saturated rings. The van der Waals surface area contributed by atoms with E-state index in [0.29, 0.717) is 6.54 Å². The molecule has 0 radical (unpaired) electrons. The number of rotatable bonds is 3. The van der Waals surface area contributed by atoms with E-state index in [0.717, 1.165) is 24.9 Å². The van der Waals surface area contributed by atoms with Gasteiger partial charge in [0.2, 0.25) is 0 Å². The number of piperidine rings is 1. The van der Waals surface area contributed by atoms with Crippen molar-refractivity contribution in [3.05, 3.63) is 0 Å². The van der Waals surface area contributed by atoms with Crippen LogP contribution in [0.25, 0.3) is 0 Å². The molecule has 12 heavy (non-hydrogen) atoms. The van der Waals surface area contributed by atoms with Crippen molar-refractivity contribution in [3.63, 3.8) is 0 Å². The molecule has 3 unspecified atom stereocenters. The molecule has 2 aliphatic rings. The number of likely N-dealkylation sites (tertiary alicyclic amines) is 1. The maximum absolute atomic E-state index is 12.0. The normalized spacial score (nSPS) is 37.5. The highest BCUT2D eigenvalue weighted by molar-refractivity contribution is 4.93. The van der Waals surface area contributed by atoms with Crippen molar-refractivity contribution < 1.29 is 9.50 Å². The van der Waals surface area contributed by atoms with Crippen molar-refractivity contribution in [1.82, 2.24) is 4.90 Å². The van der Waals surface area contributed by atoms with Crippen molar-refractivity contribution in [2.24, 2.45) is 11.8 Å². The van der Waals surface area contributed by atoms with Gasteiger partial charge in [0, 0.05) is 13.1 Å². The Labute approximate surface area is 72.4 Å². The molecule has 1 saturated heterocycles. The smallest absolute Gasteiger partial charge is 0.117 e. The molecule has 1 aliphatic carbocycles. The molecule has 2 rings (SSSR count). The Hall–Kier alpha value is -0.150. The van der Waals surface area contributed by atoms with Crippen LogP contribution >= 0.6 is 0 Å². The van der Waals surface area contributed by atoms with Gasteiger partial charge in [0.25, 0.3) is 0 Å². The fourth-order valence-corrected chi connectivity index (χ4v) is 2.17. The standard InChI is InChI=1S/C9H16FNO/c10-4-9(12)6-11-2-1-7-3-8(7)5-11/h7-9,12H,1-6H2. The summed E-state index contributed by atoms with van der Waals surface area (Å²) in [6.07, 6.45) is 1.85. The lowest BCUT2D eigenvalue weighted by Crippen LogP contribution is -2.38. The molecule has 1 saturated carbocycles. The van der Waals surface area contributed by atoms with Crippen LogP contribution in [0.15, 0.2) is 0 Å². The Morgan fingerprint density at radius 1 is 1.50 bits per heavy atom. The zero-order chi connectivity index (χ0) is 8.55. The first-order valence-corrected chi connectivity index (χ1v) is 4.76. The van der Waals surface area contributed by atoms with Gasteiger partial charge in [-0.15, -0.1) is 0 Å². The maximum Gasteiger partial charge on any atom is 0.117 e. The highest BCUT2D eigenvalue weighted by Crippen LogP contribution is 2.44. The predicted molar refractivity (Wildman–Crippen MR) is 44.6 cm³/mol. The van der Waals surface area contributed by atoms with E-state index in [1.165, 1.54) is 12.8 Å². The number of aliphatic hydroxyl groups is 1. The molecule has 1 N–H and O–H groups in total. The molecular formula is C9H16FNO. The van der Waals surface area contributed by atoms with Crippen LogP contribution in [0.4, 0.5) is 4.39 Å². The van der Waals surface area contributed by atoms with Gasteiger partial charge in [0.15, 0.2) is 0 Å². The average molecular weight is 173 g/mol. The summed E-state index contributed by atoms with van der Waals surface area (Å²) in [6.45, 7) is 2.06. The van der Waals surface area contributed by atoms with E-state index >= 15 is 0 Å². The van der Waals surface area contributed by atoms with E-state index in [9.17, 15) is 4.39 Å². The van der Waals surface area contributed by atoms with Crippen LogP contribution in [0.3, 0.4) is 0 Å². The quantitative estimate of drug-likeness (QED) is 0.677. The number of hydrogen-bond acceptors (Lipinski definition) is 2. The van der Waals surface area contributed by atoms with Gasteiger partial charge in [-0.05, 0) is 31.2 Å². The third-order valence-electron chi connectivity index (χ3n) is 3.02. The molecule has 70 valence electrons. The second-order valence-electron chi connectivity index (χ2n) is 4.11. The molecule has 2 nitrogen and oxygen atoms in total. The van der Waals surface area contributed by atoms with Crippen LogP contribution in [0.2, 0.25) is 0 Å². The fraction of sp³-hybridized carbons (Fsp3) is 1.00. The van der Waals surface area contributed by atoms with Crippen molar-refractivity contribution >= 4 is 0 Å². The van der Waals surface area contributed by atoms with Gasteiger partial charge in [0.05, 0.1) is 6.10 Å². The Balaban J connectivity index is 1.73. The van der Waals surface area contributed by atoms with Crippen molar-refractivity contribution in [2.75, 3.05) is 26.3 Å². The SMILES string of the molecule is OC(CF)CN1CCC2CC2C1. The molecule has 0 aromatic heterocycles. The Morgan fingerprint density at radius 2 is 2.33 bits per heavy atom. The largest absolute Gasteiger partial charge is 0.389 e. The number of alkyl halides is 1. The van der Waals surface area contributed by atoms with Gasteiger partial charge < -0.3 is 10.0 Å². The van der Waals surface area contributed by atoms with Crippen LogP contribution in [0.1, 0.15) is 12.8 Å². The minimum absolute atomic E-state index is 0.528. The summed E-state index contributed by atoms with van der Waals surface area (Å²) in [4.78, 5) is 2.19. The number of β-amino-alcohol motifs (C(OH)–C–C–N with tert-alkyl or cyclic N) is 1. The summed E-state index contributed by atoms with van der Waals surface area (Å²) in [6, 6.07) is 0. The fourth-order valence-electron chi connectivity index (χ4n) is 2.17. The van der Waals surface area contributed by atoms with Crippen LogP contribution in [-0.4, -0.2) is 42.4 Å². The summed E-state index contributed by atoms with van der Waals surface area (Å²) in [5.74, 6) is 1.83. The van der Waals surface area contributed by atoms with Crippen LogP contribution in [0.5, 0.6) is 0 Å². The topological polar surface area (TPSA) is 23.5 Å². The first kappa shape index (κ1) is 8.45. The zero-order valence-corrected chi connectivity index (χ0v) is 7.25. The van der Waals surface area contributed by atoms with Crippen LogP contribution in [-0.2, 0) is 0 Å². The molecule has 0 aromatic carbocycles. The number of aliphatic hydroxyl groups excluding tert-OH is 1. The van der Waals surface area contributed by atoms with Gasteiger partial charge >= 0.3 is 0 Å². The highest BCUT2D eigenvalue weighted by atomic mass is 19.1. The molecule has 0 aromatic rings. The van der Waals surface area contributed by atoms with E-state index in [4.69, 9.17) is 5.11 Å². The first-order chi connectivity index (χ1) is 5.79. The Kier molecular flexibility index (Phi) is 2.33.